The Hall–Kier alpha value is -3.54. The molecule has 1 aliphatic carbocycles. The summed E-state index contributed by atoms with van der Waals surface area (Å²) in [4.78, 5) is 22.1. The number of amides is 1. The zero-order valence-corrected chi connectivity index (χ0v) is 17.3. The standard InChI is InChI=1S/C25H23FN4O/c1-16-22(25(31)29-20-10-8-19(26)9-11-20)13-18(14-27-16)21-7-4-12-30-23(21)15-28-24(30)17-5-2-3-6-17/h4,7-15,17H,2-3,5-6H2,1H3,(H,29,31). The number of fused-ring (bicyclic) bond motifs is 1. The molecule has 1 N–H and O–H groups in total. The lowest BCUT2D eigenvalue weighted by Gasteiger charge is -2.12. The summed E-state index contributed by atoms with van der Waals surface area (Å²) in [6.07, 6.45) is 10.7. The van der Waals surface area contributed by atoms with Crippen LogP contribution in [-0.2, 0) is 0 Å². The first-order valence-electron chi connectivity index (χ1n) is 10.6. The first kappa shape index (κ1) is 19.4. The number of hydrogen-bond donors (Lipinski definition) is 1. The van der Waals surface area contributed by atoms with Gasteiger partial charge in [-0.3, -0.25) is 9.78 Å². The molecule has 5 rings (SSSR count). The van der Waals surface area contributed by atoms with Crippen molar-refractivity contribution in [2.75, 3.05) is 5.32 Å². The third-order valence-corrected chi connectivity index (χ3v) is 6.06. The van der Waals surface area contributed by atoms with E-state index in [0.29, 0.717) is 22.9 Å². The number of pyridine rings is 2. The fourth-order valence-electron chi connectivity index (χ4n) is 4.41. The number of anilines is 1. The number of nitrogens with one attached hydrogen (secondary N) is 1. The van der Waals surface area contributed by atoms with E-state index < -0.39 is 0 Å². The average Bonchev–Trinajstić information content (AvgIpc) is 3.45. The first-order chi connectivity index (χ1) is 15.1. The van der Waals surface area contributed by atoms with Crippen molar-refractivity contribution < 1.29 is 9.18 Å². The second kappa shape index (κ2) is 7.95. The summed E-state index contributed by atoms with van der Waals surface area (Å²) in [6, 6.07) is 11.6. The molecule has 156 valence electrons. The van der Waals surface area contributed by atoms with Gasteiger partial charge in [-0.15, -0.1) is 0 Å². The number of hydrogen-bond acceptors (Lipinski definition) is 3. The van der Waals surface area contributed by atoms with Crippen LogP contribution >= 0.6 is 0 Å². The van der Waals surface area contributed by atoms with E-state index in [-0.39, 0.29) is 11.7 Å². The Morgan fingerprint density at radius 1 is 1.10 bits per heavy atom. The lowest BCUT2D eigenvalue weighted by atomic mass is 10.0. The molecule has 1 saturated carbocycles. The van der Waals surface area contributed by atoms with Gasteiger partial charge < -0.3 is 9.72 Å². The van der Waals surface area contributed by atoms with E-state index in [1.54, 1.807) is 13.1 Å². The van der Waals surface area contributed by atoms with E-state index in [2.05, 4.69) is 20.9 Å². The SMILES string of the molecule is Cc1ncc(-c2cccn3c(C4CCCC4)ncc23)cc1C(=O)Nc1ccc(F)cc1. The molecule has 1 fully saturated rings. The number of halogens is 1. The minimum atomic E-state index is -0.344. The lowest BCUT2D eigenvalue weighted by molar-refractivity contribution is 0.102. The van der Waals surface area contributed by atoms with Crippen LogP contribution in [0.15, 0.2) is 61.1 Å². The molecule has 1 aliphatic rings. The molecule has 3 aromatic heterocycles. The number of rotatable bonds is 4. The van der Waals surface area contributed by atoms with Crippen molar-refractivity contribution in [3.8, 4) is 11.1 Å². The molecule has 1 aromatic carbocycles. The van der Waals surface area contributed by atoms with Crippen LogP contribution in [0.25, 0.3) is 16.6 Å². The second-order valence-corrected chi connectivity index (χ2v) is 8.09. The van der Waals surface area contributed by atoms with E-state index in [1.807, 2.05) is 24.4 Å². The monoisotopic (exact) mass is 414 g/mol. The van der Waals surface area contributed by atoms with Gasteiger partial charge in [-0.1, -0.05) is 18.9 Å². The summed E-state index contributed by atoms with van der Waals surface area (Å²) in [6.45, 7) is 1.81. The molecule has 0 bridgehead atoms. The van der Waals surface area contributed by atoms with Gasteiger partial charge in [0.1, 0.15) is 11.6 Å². The van der Waals surface area contributed by atoms with Crippen molar-refractivity contribution in [3.05, 3.63) is 84.0 Å². The Morgan fingerprint density at radius 3 is 2.65 bits per heavy atom. The quantitative estimate of drug-likeness (QED) is 0.462. The molecule has 0 radical (unpaired) electrons. The molecule has 0 unspecified atom stereocenters. The molecule has 0 spiro atoms. The molecule has 0 saturated heterocycles. The summed E-state index contributed by atoms with van der Waals surface area (Å²) in [5.74, 6) is 1.00. The predicted octanol–water partition coefficient (Wildman–Crippen LogP) is 5.75. The molecule has 31 heavy (non-hydrogen) atoms. The molecule has 0 aliphatic heterocycles. The third-order valence-electron chi connectivity index (χ3n) is 6.06. The van der Waals surface area contributed by atoms with E-state index in [4.69, 9.17) is 4.98 Å². The molecule has 0 atom stereocenters. The topological polar surface area (TPSA) is 59.3 Å². The summed E-state index contributed by atoms with van der Waals surface area (Å²) in [5.41, 5.74) is 4.52. The third kappa shape index (κ3) is 3.69. The van der Waals surface area contributed by atoms with Crippen LogP contribution in [0.4, 0.5) is 10.1 Å². The van der Waals surface area contributed by atoms with E-state index >= 15 is 0 Å². The van der Waals surface area contributed by atoms with Crippen molar-refractivity contribution in [1.82, 2.24) is 14.4 Å². The number of nitrogens with zero attached hydrogens (tertiary/aromatic N) is 3. The number of carbonyl (C=O) groups is 1. The number of carbonyl (C=O) groups excluding carboxylic acids is 1. The lowest BCUT2D eigenvalue weighted by Crippen LogP contribution is -2.14. The maximum atomic E-state index is 13.2. The zero-order chi connectivity index (χ0) is 21.4. The summed E-state index contributed by atoms with van der Waals surface area (Å²) in [5, 5.41) is 2.82. The van der Waals surface area contributed by atoms with Crippen molar-refractivity contribution in [3.63, 3.8) is 0 Å². The van der Waals surface area contributed by atoms with Gasteiger partial charge in [0.2, 0.25) is 0 Å². The van der Waals surface area contributed by atoms with Gasteiger partial charge in [0.15, 0.2) is 0 Å². The molecular weight excluding hydrogens is 391 g/mol. The highest BCUT2D eigenvalue weighted by atomic mass is 19.1. The van der Waals surface area contributed by atoms with Crippen LogP contribution in [0, 0.1) is 12.7 Å². The van der Waals surface area contributed by atoms with Crippen molar-refractivity contribution in [1.29, 1.82) is 0 Å². The molecule has 4 aromatic rings. The number of benzene rings is 1. The first-order valence-corrected chi connectivity index (χ1v) is 10.6. The van der Waals surface area contributed by atoms with Gasteiger partial charge in [-0.25, -0.2) is 9.37 Å². The van der Waals surface area contributed by atoms with E-state index in [0.717, 1.165) is 22.5 Å². The summed E-state index contributed by atoms with van der Waals surface area (Å²) < 4.78 is 15.3. The van der Waals surface area contributed by atoms with Crippen LogP contribution in [0.1, 0.15) is 53.5 Å². The highest BCUT2D eigenvalue weighted by Crippen LogP contribution is 2.35. The normalized spacial score (nSPS) is 14.3. The minimum absolute atomic E-state index is 0.273. The van der Waals surface area contributed by atoms with E-state index in [9.17, 15) is 9.18 Å². The van der Waals surface area contributed by atoms with Crippen molar-refractivity contribution >= 4 is 17.1 Å². The van der Waals surface area contributed by atoms with Gasteiger partial charge >= 0.3 is 0 Å². The van der Waals surface area contributed by atoms with Crippen LogP contribution in [0.3, 0.4) is 0 Å². The average molecular weight is 414 g/mol. The molecule has 1 amide bonds. The predicted molar refractivity (Wildman–Crippen MR) is 119 cm³/mol. The Labute approximate surface area is 180 Å². The Kier molecular flexibility index (Phi) is 4.98. The van der Waals surface area contributed by atoms with Gasteiger partial charge in [0.05, 0.1) is 23.0 Å². The number of aryl methyl sites for hydroxylation is 1. The van der Waals surface area contributed by atoms with Gasteiger partial charge in [-0.2, -0.15) is 0 Å². The molecule has 6 heteroatoms. The van der Waals surface area contributed by atoms with Crippen LogP contribution in [-0.4, -0.2) is 20.3 Å². The zero-order valence-electron chi connectivity index (χ0n) is 17.3. The Morgan fingerprint density at radius 2 is 1.87 bits per heavy atom. The maximum absolute atomic E-state index is 13.2. The van der Waals surface area contributed by atoms with Crippen LogP contribution in [0.5, 0.6) is 0 Å². The Balaban J connectivity index is 1.50. The van der Waals surface area contributed by atoms with Crippen molar-refractivity contribution in [2.24, 2.45) is 0 Å². The second-order valence-electron chi connectivity index (χ2n) is 8.09. The van der Waals surface area contributed by atoms with Gasteiger partial charge in [0, 0.05) is 35.1 Å². The Bertz CT molecular complexity index is 1260. The van der Waals surface area contributed by atoms with Crippen molar-refractivity contribution in [2.45, 2.75) is 38.5 Å². The molecule has 5 nitrogen and oxygen atoms in total. The van der Waals surface area contributed by atoms with Gasteiger partial charge in [0.25, 0.3) is 5.91 Å². The number of imidazole rings is 1. The minimum Gasteiger partial charge on any atom is -0.322 e. The molecular formula is C25H23FN4O. The van der Waals surface area contributed by atoms with Crippen LogP contribution in [0.2, 0.25) is 0 Å². The maximum Gasteiger partial charge on any atom is 0.257 e. The summed E-state index contributed by atoms with van der Waals surface area (Å²) in [7, 11) is 0. The van der Waals surface area contributed by atoms with Gasteiger partial charge in [-0.05, 0) is 56.2 Å². The summed E-state index contributed by atoms with van der Waals surface area (Å²) >= 11 is 0. The molecule has 3 heterocycles. The fraction of sp³-hybridized carbons (Fsp3) is 0.240. The highest BCUT2D eigenvalue weighted by molar-refractivity contribution is 6.05. The fourth-order valence-corrected chi connectivity index (χ4v) is 4.41. The highest BCUT2D eigenvalue weighted by Gasteiger charge is 2.22. The van der Waals surface area contributed by atoms with Crippen LogP contribution < -0.4 is 5.32 Å². The van der Waals surface area contributed by atoms with E-state index in [1.165, 1.54) is 49.9 Å². The largest absolute Gasteiger partial charge is 0.322 e. The smallest absolute Gasteiger partial charge is 0.257 e. The number of aromatic nitrogens is 3.